The Bertz CT molecular complexity index is 824. The second-order valence-electron chi connectivity index (χ2n) is 5.98. The van der Waals surface area contributed by atoms with E-state index >= 15 is 0 Å². The Hall–Kier alpha value is -2.90. The Balaban J connectivity index is 1.69. The second kappa shape index (κ2) is 6.78. The summed E-state index contributed by atoms with van der Waals surface area (Å²) < 4.78 is 46.7. The number of nitrogen functional groups attached to an aromatic ring is 1. The minimum absolute atomic E-state index is 0.269. The summed E-state index contributed by atoms with van der Waals surface area (Å²) in [7, 11) is 1.49. The number of amides is 1. The van der Waals surface area contributed by atoms with Gasteiger partial charge < -0.3 is 20.5 Å². The van der Waals surface area contributed by atoms with E-state index in [1.165, 1.54) is 19.2 Å². The van der Waals surface area contributed by atoms with Gasteiger partial charge in [0, 0.05) is 11.6 Å². The SMILES string of the molecule is COc1ccc(NC(=O)C2CC2c2ccccc2OC(F)(F)F)cc1N. The molecule has 3 N–H and O–H groups in total. The largest absolute Gasteiger partial charge is 0.573 e. The van der Waals surface area contributed by atoms with Crippen LogP contribution in [0, 0.1) is 5.92 Å². The molecule has 2 aromatic carbocycles. The Morgan fingerprint density at radius 2 is 1.92 bits per heavy atom. The van der Waals surface area contributed by atoms with E-state index in [0.717, 1.165) is 0 Å². The van der Waals surface area contributed by atoms with Gasteiger partial charge in [0.25, 0.3) is 0 Å². The number of anilines is 2. The number of hydrogen-bond donors (Lipinski definition) is 2. The number of nitrogens with two attached hydrogens (primary N) is 1. The molecule has 0 heterocycles. The molecule has 138 valence electrons. The van der Waals surface area contributed by atoms with E-state index in [-0.39, 0.29) is 17.6 Å². The first-order chi connectivity index (χ1) is 12.3. The quantitative estimate of drug-likeness (QED) is 0.787. The van der Waals surface area contributed by atoms with Gasteiger partial charge in [-0.05, 0) is 42.2 Å². The van der Waals surface area contributed by atoms with Gasteiger partial charge in [-0.1, -0.05) is 18.2 Å². The van der Waals surface area contributed by atoms with Gasteiger partial charge in [0.15, 0.2) is 0 Å². The molecule has 0 radical (unpaired) electrons. The molecule has 3 rings (SSSR count). The highest BCUT2D eigenvalue weighted by atomic mass is 19.4. The van der Waals surface area contributed by atoms with Crippen molar-refractivity contribution in [2.75, 3.05) is 18.2 Å². The van der Waals surface area contributed by atoms with Crippen LogP contribution in [0.1, 0.15) is 17.9 Å². The molecular weight excluding hydrogens is 349 g/mol. The number of methoxy groups -OCH3 is 1. The summed E-state index contributed by atoms with van der Waals surface area (Å²) in [5.41, 5.74) is 7.05. The minimum atomic E-state index is -4.77. The molecule has 2 unspecified atom stereocenters. The van der Waals surface area contributed by atoms with Crippen LogP contribution in [-0.2, 0) is 4.79 Å². The Kier molecular flexibility index (Phi) is 4.67. The lowest BCUT2D eigenvalue weighted by atomic mass is 10.1. The number of nitrogens with one attached hydrogen (secondary N) is 1. The third kappa shape index (κ3) is 4.01. The van der Waals surface area contributed by atoms with Crippen LogP contribution in [0.2, 0.25) is 0 Å². The molecule has 26 heavy (non-hydrogen) atoms. The highest BCUT2D eigenvalue weighted by molar-refractivity contribution is 5.95. The van der Waals surface area contributed by atoms with E-state index < -0.39 is 12.3 Å². The molecule has 0 aliphatic heterocycles. The minimum Gasteiger partial charge on any atom is -0.495 e. The van der Waals surface area contributed by atoms with Gasteiger partial charge in [-0.25, -0.2) is 0 Å². The molecule has 1 saturated carbocycles. The van der Waals surface area contributed by atoms with Gasteiger partial charge >= 0.3 is 6.36 Å². The van der Waals surface area contributed by atoms with Crippen molar-refractivity contribution in [1.82, 2.24) is 0 Å². The summed E-state index contributed by atoms with van der Waals surface area (Å²) in [6.45, 7) is 0. The number of benzene rings is 2. The summed E-state index contributed by atoms with van der Waals surface area (Å²) in [6, 6.07) is 10.7. The number of halogens is 3. The maximum Gasteiger partial charge on any atom is 0.573 e. The topological polar surface area (TPSA) is 73.6 Å². The van der Waals surface area contributed by atoms with Crippen LogP contribution in [0.15, 0.2) is 42.5 Å². The zero-order chi connectivity index (χ0) is 18.9. The summed E-state index contributed by atoms with van der Waals surface area (Å²) in [5, 5.41) is 2.73. The molecule has 1 fully saturated rings. The first kappa shape index (κ1) is 17.9. The Labute approximate surface area is 147 Å². The zero-order valence-corrected chi connectivity index (χ0v) is 13.8. The van der Waals surface area contributed by atoms with Crippen molar-refractivity contribution < 1.29 is 27.4 Å². The maximum atomic E-state index is 12.5. The summed E-state index contributed by atoms with van der Waals surface area (Å²) in [4.78, 5) is 12.4. The number of para-hydroxylation sites is 1. The Morgan fingerprint density at radius 1 is 1.19 bits per heavy atom. The molecule has 1 aliphatic rings. The van der Waals surface area contributed by atoms with E-state index in [4.69, 9.17) is 10.5 Å². The number of carbonyl (C=O) groups is 1. The molecule has 0 saturated heterocycles. The lowest BCUT2D eigenvalue weighted by molar-refractivity contribution is -0.274. The first-order valence-corrected chi connectivity index (χ1v) is 7.87. The van der Waals surface area contributed by atoms with Gasteiger partial charge in [0.05, 0.1) is 12.8 Å². The number of ether oxygens (including phenoxy) is 2. The summed E-state index contributed by atoms with van der Waals surface area (Å²) >= 11 is 0. The predicted octanol–water partition coefficient (Wildman–Crippen LogP) is 3.92. The maximum absolute atomic E-state index is 12.5. The third-order valence-electron chi connectivity index (χ3n) is 4.17. The van der Waals surface area contributed by atoms with E-state index in [9.17, 15) is 18.0 Å². The fraction of sp³-hybridized carbons (Fsp3) is 0.278. The van der Waals surface area contributed by atoms with E-state index in [1.54, 1.807) is 30.3 Å². The lowest BCUT2D eigenvalue weighted by Crippen LogP contribution is -2.18. The van der Waals surface area contributed by atoms with Gasteiger partial charge in [0.2, 0.25) is 5.91 Å². The normalized spacial score (nSPS) is 18.9. The van der Waals surface area contributed by atoms with Crippen molar-refractivity contribution in [3.63, 3.8) is 0 Å². The van der Waals surface area contributed by atoms with Crippen LogP contribution in [0.25, 0.3) is 0 Å². The van der Waals surface area contributed by atoms with Crippen molar-refractivity contribution >= 4 is 17.3 Å². The lowest BCUT2D eigenvalue weighted by Gasteiger charge is -2.13. The second-order valence-corrected chi connectivity index (χ2v) is 5.98. The highest BCUT2D eigenvalue weighted by Crippen LogP contribution is 2.51. The molecule has 2 atom stereocenters. The zero-order valence-electron chi connectivity index (χ0n) is 13.8. The van der Waals surface area contributed by atoms with Crippen LogP contribution in [0.5, 0.6) is 11.5 Å². The highest BCUT2D eigenvalue weighted by Gasteiger charge is 2.46. The first-order valence-electron chi connectivity index (χ1n) is 7.87. The fourth-order valence-electron chi connectivity index (χ4n) is 2.88. The molecule has 0 spiro atoms. The van der Waals surface area contributed by atoms with Crippen LogP contribution < -0.4 is 20.5 Å². The number of hydrogen-bond acceptors (Lipinski definition) is 4. The Morgan fingerprint density at radius 3 is 2.58 bits per heavy atom. The van der Waals surface area contributed by atoms with Gasteiger partial charge in [-0.15, -0.1) is 13.2 Å². The van der Waals surface area contributed by atoms with Crippen molar-refractivity contribution in [1.29, 1.82) is 0 Å². The van der Waals surface area contributed by atoms with Crippen LogP contribution in [-0.4, -0.2) is 19.4 Å². The molecule has 1 aliphatic carbocycles. The monoisotopic (exact) mass is 366 g/mol. The molecule has 5 nitrogen and oxygen atoms in total. The molecule has 0 aromatic heterocycles. The average Bonchev–Trinajstić information content (AvgIpc) is 3.34. The van der Waals surface area contributed by atoms with Crippen LogP contribution in [0.4, 0.5) is 24.5 Å². The average molecular weight is 366 g/mol. The fourth-order valence-corrected chi connectivity index (χ4v) is 2.88. The van der Waals surface area contributed by atoms with Crippen LogP contribution >= 0.6 is 0 Å². The molecular formula is C18H17F3N2O3. The van der Waals surface area contributed by atoms with Crippen molar-refractivity contribution in [3.05, 3.63) is 48.0 Å². The summed E-state index contributed by atoms with van der Waals surface area (Å²) in [5.74, 6) is -0.790. The molecule has 8 heteroatoms. The van der Waals surface area contributed by atoms with E-state index in [1.807, 2.05) is 0 Å². The van der Waals surface area contributed by atoms with Gasteiger partial charge in [0.1, 0.15) is 11.5 Å². The molecule has 1 amide bonds. The molecule has 2 aromatic rings. The van der Waals surface area contributed by atoms with Gasteiger partial charge in [-0.3, -0.25) is 4.79 Å². The standard InChI is InChI=1S/C18H17F3N2O3/c1-25-16-7-6-10(8-14(16)22)23-17(24)13-9-12(13)11-4-2-3-5-15(11)26-18(19,20)21/h2-8,12-13H,9,22H2,1H3,(H,23,24). The molecule has 0 bridgehead atoms. The number of rotatable bonds is 5. The smallest absolute Gasteiger partial charge is 0.495 e. The van der Waals surface area contributed by atoms with Gasteiger partial charge in [-0.2, -0.15) is 0 Å². The summed E-state index contributed by atoms with van der Waals surface area (Å²) in [6.07, 6.45) is -4.32. The number of alkyl halides is 3. The third-order valence-corrected chi connectivity index (χ3v) is 4.17. The number of carbonyl (C=O) groups excluding carboxylic acids is 1. The predicted molar refractivity (Wildman–Crippen MR) is 90.0 cm³/mol. The van der Waals surface area contributed by atoms with E-state index in [2.05, 4.69) is 10.1 Å². The van der Waals surface area contributed by atoms with Crippen molar-refractivity contribution in [3.8, 4) is 11.5 Å². The van der Waals surface area contributed by atoms with Crippen molar-refractivity contribution in [2.45, 2.75) is 18.7 Å². The van der Waals surface area contributed by atoms with E-state index in [0.29, 0.717) is 29.1 Å². The van der Waals surface area contributed by atoms with Crippen molar-refractivity contribution in [2.24, 2.45) is 5.92 Å². The van der Waals surface area contributed by atoms with Crippen LogP contribution in [0.3, 0.4) is 0 Å².